The number of fused-ring (bicyclic) bond motifs is 28. The Labute approximate surface area is 766 Å². The Bertz CT molecular complexity index is 8000. The number of anilines is 6. The molecule has 131 heavy (non-hydrogen) atoms. The molecule has 20 aromatic carbocycles. The molecular weight excluding hydrogens is 1580 g/mol. The van der Waals surface area contributed by atoms with E-state index in [1.54, 1.807) is 0 Å². The molecular formula is C129H90N2. The molecule has 2 heteroatoms. The molecule has 0 saturated carbocycles. The zero-order valence-corrected chi connectivity index (χ0v) is 73.4. The van der Waals surface area contributed by atoms with Crippen LogP contribution in [0.3, 0.4) is 0 Å². The van der Waals surface area contributed by atoms with Crippen molar-refractivity contribution in [2.45, 2.75) is 54.8 Å². The summed E-state index contributed by atoms with van der Waals surface area (Å²) in [7, 11) is 0. The van der Waals surface area contributed by atoms with Crippen molar-refractivity contribution in [3.63, 3.8) is 0 Å². The highest BCUT2D eigenvalue weighted by atomic mass is 15.2. The van der Waals surface area contributed by atoms with Crippen molar-refractivity contribution in [1.29, 1.82) is 0 Å². The Morgan fingerprint density at radius 3 is 0.947 bits per heavy atom. The van der Waals surface area contributed by atoms with E-state index in [1.165, 1.54) is 150 Å². The quantitative estimate of drug-likeness (QED) is 0.120. The fourth-order valence-corrected chi connectivity index (χ4v) is 24.9. The normalized spacial score (nSPS) is 15.3. The first kappa shape index (κ1) is 76.3. The summed E-state index contributed by atoms with van der Waals surface area (Å²) in [5.41, 5.74) is 49.0. The molecule has 0 N–H and O–H groups in total. The largest absolute Gasteiger partial charge is 0.310 e. The average molecular weight is 1670 g/mol. The Morgan fingerprint density at radius 1 is 0.137 bits per heavy atom. The molecule has 2 nitrogen and oxygen atoms in total. The number of benzene rings is 20. The molecule has 0 aliphatic heterocycles. The average Bonchev–Trinajstić information content (AvgIpc) is 1.66. The van der Waals surface area contributed by atoms with Gasteiger partial charge in [0.15, 0.2) is 0 Å². The summed E-state index contributed by atoms with van der Waals surface area (Å²) in [6.45, 7) is 9.87. The number of para-hydroxylation sites is 1. The van der Waals surface area contributed by atoms with Crippen molar-refractivity contribution in [3.05, 3.63) is 562 Å². The van der Waals surface area contributed by atoms with Crippen LogP contribution in [0.2, 0.25) is 0 Å². The van der Waals surface area contributed by atoms with Crippen LogP contribution in [0.25, 0.3) is 111 Å². The standard InChI is InChI=1S/C129H90N2/c1-125(2)114-61-29-31-63-116(114)128(110-58-26-19-50-99(110)100-51-20-27-59-111(100)128)118-73-67-91(81-121(118)125)105-79-89(69-75-123(105)130(92-44-15-8-16-45-92)95-70-71-103-101-52-21-25-57-109(101)127(120(103)82-95)107-55-23-17-48-97(107)98-49-18-24-56-108(98)127)88-66-72-113-106(80-88)102-53-22-28-60-112(102)129(113)117-64-32-30-62-115(117)126(3,4)124-96(54-35-65-119(124)129)90-43-34-47-94(77-90)131(93-46-33-42-86(76-93)83-36-9-5-10-37-83)122-74-68-87(84-38-11-6-12-39-84)78-104(122)85-40-13-7-14-41-85/h5-82H,1-4H3. The van der Waals surface area contributed by atoms with Gasteiger partial charge in [0.25, 0.3) is 0 Å². The van der Waals surface area contributed by atoms with Gasteiger partial charge in [0, 0.05) is 44.7 Å². The first-order valence-electron chi connectivity index (χ1n) is 46.2. The summed E-state index contributed by atoms with van der Waals surface area (Å²) in [6, 6.07) is 180. The molecule has 20 aromatic rings. The third-order valence-corrected chi connectivity index (χ3v) is 30.4. The van der Waals surface area contributed by atoms with Crippen LogP contribution in [0.5, 0.6) is 0 Å². The SMILES string of the molecule is CC1(C)c2ccccc2C2(c3ccccc3-c3ccccc32)c2ccc(-c3cc(-c4ccc5c(c4)-c4ccccc4C54c5ccccc5C(C)(C)c5c(-c6cccc(N(c7cccc(-c8ccccc8)c7)c7ccc(-c8ccccc8)cc7-c7ccccc7)c6)cccc54)ccc3N(c3ccccc3)c3ccc4c(c3)C3(c5ccccc5-c5ccccc53)c3ccccc3-4)cc21. The van der Waals surface area contributed by atoms with Gasteiger partial charge in [-0.05, 0) is 274 Å². The van der Waals surface area contributed by atoms with Gasteiger partial charge in [0.05, 0.1) is 27.6 Å². The molecule has 0 fully saturated rings. The first-order valence-corrected chi connectivity index (χ1v) is 46.2. The van der Waals surface area contributed by atoms with Gasteiger partial charge in [0.1, 0.15) is 0 Å². The molecule has 6 aliphatic carbocycles. The van der Waals surface area contributed by atoms with E-state index in [2.05, 4.69) is 511 Å². The Kier molecular flexibility index (Phi) is 16.9. The van der Waals surface area contributed by atoms with Gasteiger partial charge in [-0.1, -0.05) is 416 Å². The summed E-state index contributed by atoms with van der Waals surface area (Å²) in [4.78, 5) is 5.06. The number of nitrogens with zero attached hydrogens (tertiary/aromatic N) is 2. The third kappa shape index (κ3) is 10.9. The topological polar surface area (TPSA) is 6.48 Å². The molecule has 0 amide bonds. The third-order valence-electron chi connectivity index (χ3n) is 30.4. The van der Waals surface area contributed by atoms with Gasteiger partial charge in [-0.25, -0.2) is 0 Å². The Hall–Kier alpha value is -16.0. The van der Waals surface area contributed by atoms with Crippen molar-refractivity contribution in [2.24, 2.45) is 0 Å². The molecule has 616 valence electrons. The van der Waals surface area contributed by atoms with E-state index in [9.17, 15) is 0 Å². The zero-order chi connectivity index (χ0) is 87.1. The van der Waals surface area contributed by atoms with Crippen molar-refractivity contribution in [3.8, 4) is 111 Å². The van der Waals surface area contributed by atoms with Crippen LogP contribution in [0.4, 0.5) is 34.1 Å². The molecule has 0 radical (unpaired) electrons. The first-order chi connectivity index (χ1) is 64.5. The summed E-state index contributed by atoms with van der Waals surface area (Å²) >= 11 is 0. The van der Waals surface area contributed by atoms with E-state index in [-0.39, 0.29) is 0 Å². The van der Waals surface area contributed by atoms with E-state index in [4.69, 9.17) is 0 Å². The van der Waals surface area contributed by atoms with Crippen LogP contribution in [-0.2, 0) is 27.1 Å². The molecule has 26 rings (SSSR count). The van der Waals surface area contributed by atoms with Crippen LogP contribution >= 0.6 is 0 Å². The highest BCUT2D eigenvalue weighted by Crippen LogP contribution is 2.68. The second-order valence-electron chi connectivity index (χ2n) is 37.5. The smallest absolute Gasteiger partial charge is 0.0726 e. The highest BCUT2D eigenvalue weighted by Gasteiger charge is 2.57. The minimum atomic E-state index is -0.704. The lowest BCUT2D eigenvalue weighted by Gasteiger charge is -2.47. The fraction of sp³-hybridized carbons (Fsp3) is 0.0698. The van der Waals surface area contributed by atoms with Gasteiger partial charge in [-0.15, -0.1) is 0 Å². The number of rotatable bonds is 12. The Balaban J connectivity index is 0.671. The van der Waals surface area contributed by atoms with Crippen LogP contribution in [0.15, 0.2) is 473 Å². The predicted octanol–water partition coefficient (Wildman–Crippen LogP) is 33.0. The van der Waals surface area contributed by atoms with Crippen LogP contribution in [-0.4, -0.2) is 0 Å². The van der Waals surface area contributed by atoms with Crippen molar-refractivity contribution in [1.82, 2.24) is 0 Å². The molecule has 0 saturated heterocycles. The van der Waals surface area contributed by atoms with Crippen LogP contribution in [0.1, 0.15) is 117 Å². The number of hydrogen-bond donors (Lipinski definition) is 0. The fourth-order valence-electron chi connectivity index (χ4n) is 24.9. The van der Waals surface area contributed by atoms with Gasteiger partial charge < -0.3 is 9.80 Å². The second kappa shape index (κ2) is 29.0. The predicted molar refractivity (Wildman–Crippen MR) is 544 cm³/mol. The van der Waals surface area contributed by atoms with Gasteiger partial charge in [-0.3, -0.25) is 0 Å². The summed E-state index contributed by atoms with van der Waals surface area (Å²) in [6.07, 6.45) is 0. The molecule has 0 aromatic heterocycles. The minimum absolute atomic E-state index is 0.408. The van der Waals surface area contributed by atoms with Crippen molar-refractivity contribution >= 4 is 34.1 Å². The zero-order valence-electron chi connectivity index (χ0n) is 73.4. The van der Waals surface area contributed by atoms with Gasteiger partial charge in [-0.2, -0.15) is 0 Å². The maximum Gasteiger partial charge on any atom is 0.0726 e. The summed E-state index contributed by atoms with van der Waals surface area (Å²) in [5, 5.41) is 0. The maximum absolute atomic E-state index is 2.60. The summed E-state index contributed by atoms with van der Waals surface area (Å²) < 4.78 is 0. The summed E-state index contributed by atoms with van der Waals surface area (Å²) in [5.74, 6) is 0. The molecule has 1 unspecified atom stereocenters. The molecule has 0 bridgehead atoms. The monoisotopic (exact) mass is 1670 g/mol. The lowest BCUT2D eigenvalue weighted by atomic mass is 9.54. The van der Waals surface area contributed by atoms with E-state index in [0.717, 1.165) is 84.2 Å². The molecule has 1 atom stereocenters. The van der Waals surface area contributed by atoms with E-state index < -0.39 is 27.1 Å². The molecule has 3 spiro atoms. The second-order valence-corrected chi connectivity index (χ2v) is 37.5. The van der Waals surface area contributed by atoms with Crippen molar-refractivity contribution < 1.29 is 0 Å². The maximum atomic E-state index is 2.60. The lowest BCUT2D eigenvalue weighted by Crippen LogP contribution is -2.41. The van der Waals surface area contributed by atoms with Gasteiger partial charge >= 0.3 is 0 Å². The van der Waals surface area contributed by atoms with E-state index >= 15 is 0 Å². The van der Waals surface area contributed by atoms with Crippen LogP contribution < -0.4 is 9.80 Å². The Morgan fingerprint density at radius 2 is 0.427 bits per heavy atom. The van der Waals surface area contributed by atoms with Gasteiger partial charge in [0.2, 0.25) is 0 Å². The highest BCUT2D eigenvalue weighted by molar-refractivity contribution is 6.01. The van der Waals surface area contributed by atoms with Crippen LogP contribution in [0, 0.1) is 0 Å². The van der Waals surface area contributed by atoms with E-state index in [1.807, 2.05) is 0 Å². The van der Waals surface area contributed by atoms with Crippen molar-refractivity contribution in [2.75, 3.05) is 9.80 Å². The lowest BCUT2D eigenvalue weighted by molar-refractivity contribution is 0.563. The molecule has 0 heterocycles. The number of hydrogen-bond acceptors (Lipinski definition) is 2. The molecule has 6 aliphatic rings. The minimum Gasteiger partial charge on any atom is -0.310 e. The van der Waals surface area contributed by atoms with E-state index in [0.29, 0.717) is 0 Å².